The Kier molecular flexibility index (Phi) is 6.64. The molecule has 5 nitrogen and oxygen atoms in total. The van der Waals surface area contributed by atoms with E-state index in [2.05, 4.69) is 5.48 Å². The number of rotatable bonds is 6. The van der Waals surface area contributed by atoms with Gasteiger partial charge in [0.2, 0.25) is 0 Å². The van der Waals surface area contributed by atoms with Crippen LogP contribution in [0.2, 0.25) is 0 Å². The molecule has 12 heavy (non-hydrogen) atoms. The SMILES string of the molecule is CC[C@@H](N)C(=O)NOCCOC. The van der Waals surface area contributed by atoms with Gasteiger partial charge in [-0.3, -0.25) is 9.63 Å². The van der Waals surface area contributed by atoms with Crippen molar-refractivity contribution in [1.82, 2.24) is 5.48 Å². The highest BCUT2D eigenvalue weighted by molar-refractivity contribution is 5.80. The van der Waals surface area contributed by atoms with Crippen molar-refractivity contribution in [3.05, 3.63) is 0 Å². The van der Waals surface area contributed by atoms with Crippen molar-refractivity contribution in [3.63, 3.8) is 0 Å². The van der Waals surface area contributed by atoms with Crippen molar-refractivity contribution in [2.75, 3.05) is 20.3 Å². The Morgan fingerprint density at radius 2 is 2.25 bits per heavy atom. The Balaban J connectivity index is 3.31. The van der Waals surface area contributed by atoms with E-state index in [9.17, 15) is 4.79 Å². The number of methoxy groups -OCH3 is 1. The minimum atomic E-state index is -0.493. The largest absolute Gasteiger partial charge is 0.382 e. The molecule has 0 unspecified atom stereocenters. The molecule has 72 valence electrons. The van der Waals surface area contributed by atoms with Crippen LogP contribution in [0.5, 0.6) is 0 Å². The maximum Gasteiger partial charge on any atom is 0.260 e. The number of ether oxygens (including phenoxy) is 1. The standard InChI is InChI=1S/C7H16N2O3/c1-3-6(8)7(10)9-12-5-4-11-2/h6H,3-5,8H2,1-2H3,(H,9,10)/t6-/m1/s1. The molecule has 0 fully saturated rings. The summed E-state index contributed by atoms with van der Waals surface area (Å²) in [7, 11) is 1.56. The van der Waals surface area contributed by atoms with Gasteiger partial charge in [0.1, 0.15) is 0 Å². The van der Waals surface area contributed by atoms with Crippen LogP contribution in [0, 0.1) is 0 Å². The maximum atomic E-state index is 10.9. The van der Waals surface area contributed by atoms with E-state index >= 15 is 0 Å². The van der Waals surface area contributed by atoms with Gasteiger partial charge in [0, 0.05) is 7.11 Å². The van der Waals surface area contributed by atoms with Crippen LogP contribution >= 0.6 is 0 Å². The number of hydroxylamine groups is 1. The molecule has 0 aromatic carbocycles. The highest BCUT2D eigenvalue weighted by Crippen LogP contribution is 1.84. The van der Waals surface area contributed by atoms with E-state index in [0.29, 0.717) is 19.6 Å². The van der Waals surface area contributed by atoms with Crippen LogP contribution in [0.4, 0.5) is 0 Å². The van der Waals surface area contributed by atoms with Crippen molar-refractivity contribution in [2.45, 2.75) is 19.4 Å². The number of carbonyl (C=O) groups is 1. The molecule has 5 heteroatoms. The Labute approximate surface area is 72.2 Å². The van der Waals surface area contributed by atoms with Crippen LogP contribution in [0.25, 0.3) is 0 Å². The smallest absolute Gasteiger partial charge is 0.260 e. The molecule has 1 atom stereocenters. The van der Waals surface area contributed by atoms with Gasteiger partial charge in [-0.05, 0) is 6.42 Å². The van der Waals surface area contributed by atoms with E-state index in [4.69, 9.17) is 15.3 Å². The minimum Gasteiger partial charge on any atom is -0.382 e. The Morgan fingerprint density at radius 3 is 2.75 bits per heavy atom. The molecule has 0 saturated heterocycles. The summed E-state index contributed by atoms with van der Waals surface area (Å²) in [6, 6.07) is -0.493. The summed E-state index contributed by atoms with van der Waals surface area (Å²) in [5.74, 6) is -0.298. The van der Waals surface area contributed by atoms with Gasteiger partial charge in [0.15, 0.2) is 0 Å². The molecule has 0 bridgehead atoms. The van der Waals surface area contributed by atoms with Gasteiger partial charge in [-0.15, -0.1) is 0 Å². The van der Waals surface area contributed by atoms with E-state index in [1.165, 1.54) is 0 Å². The van der Waals surface area contributed by atoms with Gasteiger partial charge < -0.3 is 10.5 Å². The molecular weight excluding hydrogens is 160 g/mol. The highest BCUT2D eigenvalue weighted by atomic mass is 16.7. The van der Waals surface area contributed by atoms with Crippen LogP contribution in [-0.4, -0.2) is 32.3 Å². The Hall–Kier alpha value is -0.650. The molecule has 0 spiro atoms. The van der Waals surface area contributed by atoms with Gasteiger partial charge in [0.25, 0.3) is 5.91 Å². The van der Waals surface area contributed by atoms with Gasteiger partial charge in [-0.2, -0.15) is 0 Å². The first-order valence-corrected chi connectivity index (χ1v) is 3.88. The zero-order valence-electron chi connectivity index (χ0n) is 7.50. The predicted octanol–water partition coefficient (Wildman–Crippen LogP) is -0.582. The van der Waals surface area contributed by atoms with Crippen LogP contribution in [0.3, 0.4) is 0 Å². The van der Waals surface area contributed by atoms with Gasteiger partial charge in [0.05, 0.1) is 19.3 Å². The van der Waals surface area contributed by atoms with E-state index < -0.39 is 6.04 Å². The third-order valence-corrected chi connectivity index (χ3v) is 1.34. The molecule has 0 aliphatic heterocycles. The molecule has 0 aromatic heterocycles. The Morgan fingerprint density at radius 1 is 1.58 bits per heavy atom. The van der Waals surface area contributed by atoms with Crippen LogP contribution < -0.4 is 11.2 Å². The fourth-order valence-corrected chi connectivity index (χ4v) is 0.508. The van der Waals surface area contributed by atoms with E-state index in [0.717, 1.165) is 0 Å². The molecular formula is C7H16N2O3. The quantitative estimate of drug-likeness (QED) is 0.419. The maximum absolute atomic E-state index is 10.9. The molecule has 0 heterocycles. The molecule has 3 N–H and O–H groups in total. The second kappa shape index (κ2) is 7.02. The number of hydrogen-bond acceptors (Lipinski definition) is 4. The summed E-state index contributed by atoms with van der Waals surface area (Å²) < 4.78 is 4.70. The van der Waals surface area contributed by atoms with E-state index in [-0.39, 0.29) is 5.91 Å². The lowest BCUT2D eigenvalue weighted by Crippen LogP contribution is -2.40. The lowest BCUT2D eigenvalue weighted by Gasteiger charge is -2.09. The van der Waals surface area contributed by atoms with Crippen LogP contribution in [0.15, 0.2) is 0 Å². The normalized spacial score (nSPS) is 12.6. The first-order chi connectivity index (χ1) is 5.72. The Bertz CT molecular complexity index is 130. The fraction of sp³-hybridized carbons (Fsp3) is 0.857. The highest BCUT2D eigenvalue weighted by Gasteiger charge is 2.09. The first kappa shape index (κ1) is 11.4. The molecule has 0 saturated carbocycles. The molecule has 0 aliphatic carbocycles. The summed E-state index contributed by atoms with van der Waals surface area (Å²) in [6.45, 7) is 2.61. The molecule has 0 radical (unpaired) electrons. The lowest BCUT2D eigenvalue weighted by molar-refractivity contribution is -0.135. The number of amides is 1. The third-order valence-electron chi connectivity index (χ3n) is 1.34. The zero-order chi connectivity index (χ0) is 9.40. The van der Waals surface area contributed by atoms with Crippen molar-refractivity contribution >= 4 is 5.91 Å². The average Bonchev–Trinajstić information content (AvgIpc) is 2.10. The number of carbonyl (C=O) groups excluding carboxylic acids is 1. The van der Waals surface area contributed by atoms with E-state index in [1.807, 2.05) is 6.92 Å². The summed E-state index contributed by atoms with van der Waals surface area (Å²) in [5, 5.41) is 0. The molecule has 0 rings (SSSR count). The van der Waals surface area contributed by atoms with Crippen LogP contribution in [0.1, 0.15) is 13.3 Å². The molecule has 1 amide bonds. The third kappa shape index (κ3) is 5.06. The first-order valence-electron chi connectivity index (χ1n) is 3.88. The molecule has 0 aliphatic rings. The monoisotopic (exact) mass is 176 g/mol. The summed E-state index contributed by atoms with van der Waals surface area (Å²) in [6.07, 6.45) is 0.597. The van der Waals surface area contributed by atoms with Gasteiger partial charge in [-0.25, -0.2) is 5.48 Å². The van der Waals surface area contributed by atoms with E-state index in [1.54, 1.807) is 7.11 Å². The zero-order valence-corrected chi connectivity index (χ0v) is 7.50. The van der Waals surface area contributed by atoms with Crippen LogP contribution in [-0.2, 0) is 14.4 Å². The van der Waals surface area contributed by atoms with Gasteiger partial charge in [-0.1, -0.05) is 6.92 Å². The van der Waals surface area contributed by atoms with Gasteiger partial charge >= 0.3 is 0 Å². The van der Waals surface area contributed by atoms with Crippen molar-refractivity contribution in [3.8, 4) is 0 Å². The summed E-state index contributed by atoms with van der Waals surface area (Å²) in [4.78, 5) is 15.7. The van der Waals surface area contributed by atoms with Crippen molar-refractivity contribution in [2.24, 2.45) is 5.73 Å². The number of nitrogens with one attached hydrogen (secondary N) is 1. The minimum absolute atomic E-state index is 0.298. The topological polar surface area (TPSA) is 73.6 Å². The molecule has 0 aromatic rings. The lowest BCUT2D eigenvalue weighted by atomic mass is 10.2. The van der Waals surface area contributed by atoms with Crippen molar-refractivity contribution < 1.29 is 14.4 Å². The van der Waals surface area contributed by atoms with Crippen molar-refractivity contribution in [1.29, 1.82) is 0 Å². The number of nitrogens with two attached hydrogens (primary N) is 1. The second-order valence-electron chi connectivity index (χ2n) is 2.32. The second-order valence-corrected chi connectivity index (χ2v) is 2.32. The predicted molar refractivity (Wildman–Crippen MR) is 44.2 cm³/mol. The number of hydrogen-bond donors (Lipinski definition) is 2. The average molecular weight is 176 g/mol. The summed E-state index contributed by atoms with van der Waals surface area (Å²) in [5.41, 5.74) is 7.63. The summed E-state index contributed by atoms with van der Waals surface area (Å²) >= 11 is 0. The fourth-order valence-electron chi connectivity index (χ4n) is 0.508.